The molecule has 0 atom stereocenters. The van der Waals surface area contributed by atoms with Crippen LogP contribution in [-0.4, -0.2) is 19.9 Å². The summed E-state index contributed by atoms with van der Waals surface area (Å²) in [6, 6.07) is 66.4. The van der Waals surface area contributed by atoms with Crippen LogP contribution < -0.4 is 0 Å². The van der Waals surface area contributed by atoms with E-state index in [-0.39, 0.29) is 0 Å². The molecule has 2 N–H and O–H groups in total. The summed E-state index contributed by atoms with van der Waals surface area (Å²) < 4.78 is 0. The van der Waals surface area contributed by atoms with Crippen LogP contribution in [0.25, 0.3) is 90.9 Å². The minimum Gasteiger partial charge on any atom is -0.354 e. The number of aromatic amines is 2. The molecule has 0 unspecified atom stereocenters. The number of fused-ring (bicyclic) bond motifs is 8. The van der Waals surface area contributed by atoms with Crippen molar-refractivity contribution in [3.63, 3.8) is 0 Å². The van der Waals surface area contributed by atoms with Gasteiger partial charge in [-0.15, -0.1) is 0 Å². The zero-order valence-electron chi connectivity index (χ0n) is 34.7. The van der Waals surface area contributed by atoms with Gasteiger partial charge >= 0.3 is 0 Å². The van der Waals surface area contributed by atoms with E-state index in [9.17, 15) is 0 Å². The molecule has 8 bridgehead atoms. The first-order valence-corrected chi connectivity index (χ1v) is 21.3. The number of benzene rings is 6. The highest BCUT2D eigenvalue weighted by Crippen LogP contribution is 2.40. The van der Waals surface area contributed by atoms with Crippen LogP contribution >= 0.6 is 0 Å². The molecule has 11 rings (SSSR count). The lowest BCUT2D eigenvalue weighted by atomic mass is 9.98. The van der Waals surface area contributed by atoms with Gasteiger partial charge in [0.25, 0.3) is 0 Å². The van der Waals surface area contributed by atoms with Gasteiger partial charge in [0.1, 0.15) is 0 Å². The second kappa shape index (κ2) is 16.8. The third kappa shape index (κ3) is 7.32. The van der Waals surface area contributed by atoms with Crippen molar-refractivity contribution in [1.29, 1.82) is 0 Å². The summed E-state index contributed by atoms with van der Waals surface area (Å²) in [7, 11) is 0. The molecule has 2 aliphatic rings. The van der Waals surface area contributed by atoms with Gasteiger partial charge < -0.3 is 9.97 Å². The van der Waals surface area contributed by atoms with Crippen molar-refractivity contribution in [3.8, 4) is 68.2 Å². The minimum absolute atomic E-state index is 0.771. The first kappa shape index (κ1) is 38.0. The molecule has 4 heteroatoms. The lowest BCUT2D eigenvalue weighted by Gasteiger charge is -2.07. The number of aromatic nitrogens is 4. The molecule has 0 fully saturated rings. The van der Waals surface area contributed by atoms with E-state index in [0.29, 0.717) is 0 Å². The molecule has 298 valence electrons. The van der Waals surface area contributed by atoms with Gasteiger partial charge in [-0.25, -0.2) is 9.97 Å². The Morgan fingerprint density at radius 2 is 0.578 bits per heavy atom. The average Bonchev–Trinajstić information content (AvgIpc) is 4.20. The van der Waals surface area contributed by atoms with Gasteiger partial charge in [0, 0.05) is 44.4 Å². The quantitative estimate of drug-likeness (QED) is 0.174. The van der Waals surface area contributed by atoms with Crippen LogP contribution in [0.3, 0.4) is 0 Å². The van der Waals surface area contributed by atoms with Gasteiger partial charge in [0.05, 0.1) is 44.9 Å². The first-order chi connectivity index (χ1) is 31.7. The van der Waals surface area contributed by atoms with Crippen LogP contribution in [0, 0.1) is 23.7 Å². The molecule has 0 spiro atoms. The van der Waals surface area contributed by atoms with E-state index < -0.39 is 0 Å². The molecular weight excluding hydrogens is 777 g/mol. The van der Waals surface area contributed by atoms with Gasteiger partial charge in [-0.2, -0.15) is 0 Å². The topological polar surface area (TPSA) is 57.4 Å². The zero-order valence-corrected chi connectivity index (χ0v) is 34.7. The van der Waals surface area contributed by atoms with Crippen LogP contribution in [-0.2, 0) is 0 Å². The van der Waals surface area contributed by atoms with Gasteiger partial charge in [0.15, 0.2) is 0 Å². The maximum absolute atomic E-state index is 5.55. The number of nitrogens with one attached hydrogen (secondary N) is 2. The van der Waals surface area contributed by atoms with Crippen LogP contribution in [0.5, 0.6) is 0 Å². The highest BCUT2D eigenvalue weighted by Gasteiger charge is 2.23. The molecule has 0 saturated heterocycles. The van der Waals surface area contributed by atoms with Crippen molar-refractivity contribution in [2.75, 3.05) is 0 Å². The monoisotopic (exact) mass is 814 g/mol. The Hall–Kier alpha value is -8.96. The molecule has 0 radical (unpaired) electrons. The normalized spacial score (nSPS) is 11.4. The number of hydrogen-bond donors (Lipinski definition) is 2. The number of nitrogens with zero attached hydrogens (tertiary/aromatic N) is 2. The lowest BCUT2D eigenvalue weighted by Crippen LogP contribution is -1.90. The van der Waals surface area contributed by atoms with Crippen molar-refractivity contribution in [1.82, 2.24) is 19.9 Å². The molecule has 2 aliphatic heterocycles. The molecule has 0 amide bonds. The van der Waals surface area contributed by atoms with E-state index in [1.807, 2.05) is 84.9 Å². The maximum atomic E-state index is 5.55. The maximum Gasteiger partial charge on any atom is 0.0737 e. The zero-order chi connectivity index (χ0) is 42.7. The highest BCUT2D eigenvalue weighted by atomic mass is 14.8. The van der Waals surface area contributed by atoms with Gasteiger partial charge in [0.2, 0.25) is 0 Å². The Labute approximate surface area is 372 Å². The standard InChI is InChI=1S/C60H38N4/c1-7-19-41(20-8-1)31-33-47-48(34-32-42-21-9-2-10-22-42)60-58(46-29-17-6-18-30-46)54-40-38-52(63-54)56(44-25-13-4-14-26-44)50-36-35-49(61-50)55(43-23-11-3-12-24-43)51-37-39-53(62-51)57(59(47)64-60)45-27-15-5-16-28-45/h1-30,35-40,61,64H. The Bertz CT molecular complexity index is 3330. The highest BCUT2D eigenvalue weighted by molar-refractivity contribution is 6.03. The lowest BCUT2D eigenvalue weighted by molar-refractivity contribution is 1.31. The van der Waals surface area contributed by atoms with Crippen LogP contribution in [0.1, 0.15) is 45.0 Å². The van der Waals surface area contributed by atoms with Crippen LogP contribution in [0.2, 0.25) is 0 Å². The van der Waals surface area contributed by atoms with Gasteiger partial charge in [-0.1, -0.05) is 181 Å². The average molecular weight is 815 g/mol. The SMILES string of the molecule is C(#Cc1c(C#Cc2ccccc2)c2[nH]c1c(-c1ccccc1)c1nc(c(-c3ccccc3)c3ccc([nH]3)c(-c3ccccc3)c3nc(c2-c2ccccc2)C=C3)C=C1)c1ccccc1. The molecule has 3 aromatic heterocycles. The van der Waals surface area contributed by atoms with E-state index in [0.717, 1.165) is 112 Å². The largest absolute Gasteiger partial charge is 0.354 e. The first-order valence-electron chi connectivity index (χ1n) is 21.3. The summed E-state index contributed by atoms with van der Waals surface area (Å²) in [4.78, 5) is 19.0. The van der Waals surface area contributed by atoms with Crippen molar-refractivity contribution in [2.45, 2.75) is 0 Å². The Morgan fingerprint density at radius 1 is 0.281 bits per heavy atom. The Morgan fingerprint density at radius 3 is 0.922 bits per heavy atom. The van der Waals surface area contributed by atoms with Crippen molar-refractivity contribution >= 4 is 46.4 Å². The summed E-state index contributed by atoms with van der Waals surface area (Å²) in [6.45, 7) is 0. The molecule has 0 aliphatic carbocycles. The van der Waals surface area contributed by atoms with E-state index >= 15 is 0 Å². The molecule has 5 heterocycles. The van der Waals surface area contributed by atoms with Crippen molar-refractivity contribution < 1.29 is 0 Å². The van der Waals surface area contributed by atoms with E-state index in [1.165, 1.54) is 0 Å². The molecule has 6 aromatic carbocycles. The van der Waals surface area contributed by atoms with Crippen molar-refractivity contribution in [2.24, 2.45) is 0 Å². The smallest absolute Gasteiger partial charge is 0.0737 e. The summed E-state index contributed by atoms with van der Waals surface area (Å²) >= 11 is 0. The number of hydrogen-bond acceptors (Lipinski definition) is 2. The molecule has 4 nitrogen and oxygen atoms in total. The summed E-state index contributed by atoms with van der Waals surface area (Å²) in [6.07, 6.45) is 8.51. The fourth-order valence-electron chi connectivity index (χ4n) is 8.55. The molecular formula is C60H38N4. The summed E-state index contributed by atoms with van der Waals surface area (Å²) in [5.74, 6) is 14.4. The fourth-order valence-corrected chi connectivity index (χ4v) is 8.55. The number of rotatable bonds is 4. The Balaban J connectivity index is 1.40. The number of H-pyrrole nitrogens is 2. The molecule has 9 aromatic rings. The van der Waals surface area contributed by atoms with Gasteiger partial charge in [-0.05, 0) is 83.0 Å². The van der Waals surface area contributed by atoms with E-state index in [2.05, 4.69) is 167 Å². The van der Waals surface area contributed by atoms with Gasteiger partial charge in [-0.3, -0.25) is 0 Å². The van der Waals surface area contributed by atoms with E-state index in [4.69, 9.17) is 9.97 Å². The minimum atomic E-state index is 0.771. The summed E-state index contributed by atoms with van der Waals surface area (Å²) in [5, 5.41) is 0. The third-order valence-corrected chi connectivity index (χ3v) is 11.5. The predicted molar refractivity (Wildman–Crippen MR) is 265 cm³/mol. The van der Waals surface area contributed by atoms with E-state index in [1.54, 1.807) is 0 Å². The fraction of sp³-hybridized carbons (Fsp3) is 0. The van der Waals surface area contributed by atoms with Crippen LogP contribution in [0.4, 0.5) is 0 Å². The van der Waals surface area contributed by atoms with Crippen molar-refractivity contribution in [3.05, 3.63) is 239 Å². The molecule has 64 heavy (non-hydrogen) atoms. The third-order valence-electron chi connectivity index (χ3n) is 11.5. The summed E-state index contributed by atoms with van der Waals surface area (Å²) in [5.41, 5.74) is 18.1. The second-order valence-electron chi connectivity index (χ2n) is 15.5. The second-order valence-corrected chi connectivity index (χ2v) is 15.5. The Kier molecular flexibility index (Phi) is 9.99. The predicted octanol–water partition coefficient (Wildman–Crippen LogP) is 14.1. The molecule has 0 saturated carbocycles. The van der Waals surface area contributed by atoms with Crippen LogP contribution in [0.15, 0.2) is 194 Å².